The minimum absolute atomic E-state index is 0.0426. The molecule has 1 aromatic heterocycles. The third-order valence-corrected chi connectivity index (χ3v) is 3.63. The summed E-state index contributed by atoms with van der Waals surface area (Å²) in [6.45, 7) is 3.05. The van der Waals surface area contributed by atoms with E-state index in [0.717, 1.165) is 17.4 Å². The molecule has 0 aliphatic carbocycles. The molecule has 0 saturated carbocycles. The molecule has 0 spiro atoms. The van der Waals surface area contributed by atoms with E-state index >= 15 is 0 Å². The maximum absolute atomic E-state index is 13.5. The number of thiazole rings is 1. The second kappa shape index (κ2) is 5.16. The molecular formula is C13H12F2N2O2S. The molecule has 0 saturated heterocycles. The van der Waals surface area contributed by atoms with Crippen molar-refractivity contribution < 1.29 is 18.7 Å². The molecule has 20 heavy (non-hydrogen) atoms. The SMILES string of the molecule is CC(C)(C(=O)O)c1csc(Nc2cccc(F)c2F)n1. The van der Waals surface area contributed by atoms with Gasteiger partial charge in [-0.3, -0.25) is 4.79 Å². The van der Waals surface area contributed by atoms with Gasteiger partial charge in [0.2, 0.25) is 0 Å². The van der Waals surface area contributed by atoms with Crippen molar-refractivity contribution in [2.75, 3.05) is 5.32 Å². The molecule has 0 fully saturated rings. The van der Waals surface area contributed by atoms with Crippen molar-refractivity contribution in [2.45, 2.75) is 19.3 Å². The number of nitrogens with zero attached hydrogens (tertiary/aromatic N) is 1. The van der Waals surface area contributed by atoms with Gasteiger partial charge >= 0.3 is 5.97 Å². The fourth-order valence-electron chi connectivity index (χ4n) is 1.44. The molecule has 106 valence electrons. The number of rotatable bonds is 4. The first kappa shape index (κ1) is 14.4. The van der Waals surface area contributed by atoms with Crippen LogP contribution in [0.3, 0.4) is 0 Å². The third kappa shape index (κ3) is 2.62. The van der Waals surface area contributed by atoms with Crippen LogP contribution in [0, 0.1) is 11.6 Å². The average Bonchev–Trinajstić information content (AvgIpc) is 2.84. The van der Waals surface area contributed by atoms with Crippen LogP contribution in [0.25, 0.3) is 0 Å². The molecule has 7 heteroatoms. The topological polar surface area (TPSA) is 62.2 Å². The highest BCUT2D eigenvalue weighted by Gasteiger charge is 2.32. The third-order valence-electron chi connectivity index (χ3n) is 2.87. The van der Waals surface area contributed by atoms with E-state index in [1.165, 1.54) is 26.0 Å². The summed E-state index contributed by atoms with van der Waals surface area (Å²) in [5, 5.41) is 13.6. The standard InChI is InChI=1S/C13H12F2N2O2S/c1-13(2,11(18)19)9-6-20-12(17-9)16-8-5-3-4-7(14)10(8)15/h3-6H,1-2H3,(H,16,17)(H,18,19). The van der Waals surface area contributed by atoms with Crippen LogP contribution in [0.1, 0.15) is 19.5 Å². The summed E-state index contributed by atoms with van der Waals surface area (Å²) in [6, 6.07) is 3.76. The van der Waals surface area contributed by atoms with E-state index in [9.17, 15) is 13.6 Å². The van der Waals surface area contributed by atoms with Gasteiger partial charge in [0, 0.05) is 5.38 Å². The Labute approximate surface area is 118 Å². The highest BCUT2D eigenvalue weighted by atomic mass is 32.1. The number of carboxylic acids is 1. The van der Waals surface area contributed by atoms with Crippen molar-refractivity contribution in [2.24, 2.45) is 0 Å². The molecule has 2 aromatic rings. The smallest absolute Gasteiger partial charge is 0.315 e. The van der Waals surface area contributed by atoms with Gasteiger partial charge < -0.3 is 10.4 Å². The van der Waals surface area contributed by atoms with E-state index in [0.29, 0.717) is 10.8 Å². The van der Waals surface area contributed by atoms with Crippen LogP contribution in [0.5, 0.6) is 0 Å². The zero-order chi connectivity index (χ0) is 14.9. The largest absolute Gasteiger partial charge is 0.481 e. The number of hydrogen-bond acceptors (Lipinski definition) is 4. The first-order valence-electron chi connectivity index (χ1n) is 5.73. The van der Waals surface area contributed by atoms with Gasteiger partial charge in [0.25, 0.3) is 0 Å². The lowest BCUT2D eigenvalue weighted by Crippen LogP contribution is -2.28. The fourth-order valence-corrected chi connectivity index (χ4v) is 2.33. The van der Waals surface area contributed by atoms with E-state index in [1.807, 2.05) is 0 Å². The monoisotopic (exact) mass is 298 g/mol. The van der Waals surface area contributed by atoms with Crippen LogP contribution in [-0.2, 0) is 10.2 Å². The minimum atomic E-state index is -1.14. The Balaban J connectivity index is 2.26. The summed E-state index contributed by atoms with van der Waals surface area (Å²) in [4.78, 5) is 15.2. The molecule has 0 unspecified atom stereocenters. The molecule has 0 atom stereocenters. The van der Waals surface area contributed by atoms with Gasteiger partial charge in [0.15, 0.2) is 16.8 Å². The Morgan fingerprint density at radius 3 is 2.75 bits per heavy atom. The van der Waals surface area contributed by atoms with Crippen molar-refractivity contribution in [1.82, 2.24) is 4.98 Å². The van der Waals surface area contributed by atoms with Crippen LogP contribution in [0.2, 0.25) is 0 Å². The van der Waals surface area contributed by atoms with Gasteiger partial charge in [-0.15, -0.1) is 11.3 Å². The molecule has 0 bridgehead atoms. The molecule has 1 aromatic carbocycles. The van der Waals surface area contributed by atoms with Gasteiger partial charge in [-0.05, 0) is 26.0 Å². The Hall–Kier alpha value is -2.02. The predicted octanol–water partition coefficient (Wildman–Crippen LogP) is 3.53. The summed E-state index contributed by atoms with van der Waals surface area (Å²) in [5.74, 6) is -2.97. The molecule has 0 amide bonds. The number of hydrogen-bond donors (Lipinski definition) is 2. The molecule has 0 radical (unpaired) electrons. The second-order valence-corrected chi connectivity index (χ2v) is 5.55. The number of carbonyl (C=O) groups is 1. The van der Waals surface area contributed by atoms with Gasteiger partial charge in [-0.2, -0.15) is 0 Å². The van der Waals surface area contributed by atoms with Crippen molar-refractivity contribution >= 4 is 28.1 Å². The van der Waals surface area contributed by atoms with Crippen molar-refractivity contribution in [3.8, 4) is 0 Å². The van der Waals surface area contributed by atoms with Gasteiger partial charge in [0.1, 0.15) is 5.41 Å². The van der Waals surface area contributed by atoms with E-state index in [2.05, 4.69) is 10.3 Å². The maximum atomic E-state index is 13.5. The molecule has 1 heterocycles. The minimum Gasteiger partial charge on any atom is -0.481 e. The highest BCUT2D eigenvalue weighted by molar-refractivity contribution is 7.13. The van der Waals surface area contributed by atoms with Crippen LogP contribution >= 0.6 is 11.3 Å². The summed E-state index contributed by atoms with van der Waals surface area (Å²) in [6.07, 6.45) is 0. The highest BCUT2D eigenvalue weighted by Crippen LogP contribution is 2.29. The number of benzene rings is 1. The zero-order valence-electron chi connectivity index (χ0n) is 10.8. The summed E-state index contributed by atoms with van der Waals surface area (Å²) in [5.41, 5.74) is -0.829. The van der Waals surface area contributed by atoms with E-state index in [4.69, 9.17) is 5.11 Å². The molecule has 2 rings (SSSR count). The van der Waals surface area contributed by atoms with Crippen LogP contribution in [0.4, 0.5) is 19.6 Å². The zero-order valence-corrected chi connectivity index (χ0v) is 11.6. The lowest BCUT2D eigenvalue weighted by molar-refractivity contribution is -0.142. The molecule has 4 nitrogen and oxygen atoms in total. The molecule has 0 aliphatic heterocycles. The fraction of sp³-hybridized carbons (Fsp3) is 0.231. The Morgan fingerprint density at radius 1 is 1.40 bits per heavy atom. The number of carboxylic acid groups (broad SMARTS) is 1. The van der Waals surface area contributed by atoms with Crippen molar-refractivity contribution in [3.05, 3.63) is 40.9 Å². The number of aromatic nitrogens is 1. The van der Waals surface area contributed by atoms with Crippen molar-refractivity contribution in [1.29, 1.82) is 0 Å². The average molecular weight is 298 g/mol. The van der Waals surface area contributed by atoms with E-state index < -0.39 is 23.0 Å². The predicted molar refractivity (Wildman–Crippen MR) is 72.4 cm³/mol. The Kier molecular flexibility index (Phi) is 3.71. The van der Waals surface area contributed by atoms with E-state index in [-0.39, 0.29) is 5.69 Å². The quantitative estimate of drug-likeness (QED) is 0.906. The number of nitrogens with one attached hydrogen (secondary N) is 1. The summed E-state index contributed by atoms with van der Waals surface area (Å²) in [7, 11) is 0. The number of anilines is 2. The van der Waals surface area contributed by atoms with E-state index in [1.54, 1.807) is 5.38 Å². The molecular weight excluding hydrogens is 286 g/mol. The first-order chi connectivity index (χ1) is 9.32. The number of halogens is 2. The first-order valence-corrected chi connectivity index (χ1v) is 6.61. The van der Waals surface area contributed by atoms with Crippen molar-refractivity contribution in [3.63, 3.8) is 0 Å². The number of aliphatic carboxylic acids is 1. The van der Waals surface area contributed by atoms with Gasteiger partial charge in [0.05, 0.1) is 11.4 Å². The molecule has 2 N–H and O–H groups in total. The van der Waals surface area contributed by atoms with Gasteiger partial charge in [-0.25, -0.2) is 13.8 Å². The van der Waals surface area contributed by atoms with Crippen LogP contribution < -0.4 is 5.32 Å². The normalized spacial score (nSPS) is 11.4. The lowest BCUT2D eigenvalue weighted by Gasteiger charge is -2.15. The van der Waals surface area contributed by atoms with Crippen LogP contribution in [-0.4, -0.2) is 16.1 Å². The summed E-state index contributed by atoms with van der Waals surface area (Å²) < 4.78 is 26.6. The maximum Gasteiger partial charge on any atom is 0.315 e. The molecule has 0 aliphatic rings. The lowest BCUT2D eigenvalue weighted by atomic mass is 9.90. The second-order valence-electron chi connectivity index (χ2n) is 4.69. The van der Waals surface area contributed by atoms with Crippen LogP contribution in [0.15, 0.2) is 23.6 Å². The Bertz CT molecular complexity index is 656. The summed E-state index contributed by atoms with van der Waals surface area (Å²) >= 11 is 1.13. The van der Waals surface area contributed by atoms with Gasteiger partial charge in [-0.1, -0.05) is 6.07 Å². The Morgan fingerprint density at radius 2 is 2.10 bits per heavy atom.